The Labute approximate surface area is 147 Å². The number of fused-ring (bicyclic) bond motifs is 1. The first-order valence-corrected chi connectivity index (χ1v) is 8.41. The summed E-state index contributed by atoms with van der Waals surface area (Å²) in [5, 5.41) is 16.2. The standard InChI is InChI=1S/C19H24N4O2/c1-12(24-2)19(22)23-11-13(7-10-18(23)21)25-17-9-8-16(20)14-5-3-4-6-15(14)17/h3-7,10-12,16-17,21-22H,8-9,20H2,1-2H3. The van der Waals surface area contributed by atoms with Crippen molar-refractivity contribution in [2.45, 2.75) is 38.0 Å². The Kier molecular flexibility index (Phi) is 5.01. The van der Waals surface area contributed by atoms with Crippen LogP contribution in [0.1, 0.15) is 43.0 Å². The molecule has 2 aromatic rings. The zero-order valence-corrected chi connectivity index (χ0v) is 14.5. The van der Waals surface area contributed by atoms with Crippen LogP contribution in [0.15, 0.2) is 42.6 Å². The van der Waals surface area contributed by atoms with E-state index in [0.717, 1.165) is 24.0 Å². The highest BCUT2D eigenvalue weighted by Gasteiger charge is 2.26. The van der Waals surface area contributed by atoms with E-state index in [2.05, 4.69) is 12.1 Å². The Morgan fingerprint density at radius 1 is 1.20 bits per heavy atom. The number of rotatable bonds is 4. The second-order valence-corrected chi connectivity index (χ2v) is 6.30. The van der Waals surface area contributed by atoms with Gasteiger partial charge in [-0.05, 0) is 43.0 Å². The molecule has 6 nitrogen and oxygen atoms in total. The molecule has 1 aromatic carbocycles. The van der Waals surface area contributed by atoms with E-state index >= 15 is 0 Å². The Bertz CT molecular complexity index is 830. The number of nitrogens with two attached hydrogens (primary N) is 1. The molecule has 0 fully saturated rings. The summed E-state index contributed by atoms with van der Waals surface area (Å²) in [5.74, 6) is 0.823. The Morgan fingerprint density at radius 2 is 1.92 bits per heavy atom. The van der Waals surface area contributed by atoms with Crippen LogP contribution in [0.5, 0.6) is 5.75 Å². The van der Waals surface area contributed by atoms with Crippen molar-refractivity contribution in [2.75, 3.05) is 7.11 Å². The zero-order chi connectivity index (χ0) is 18.0. The molecule has 3 atom stereocenters. The second-order valence-electron chi connectivity index (χ2n) is 6.30. The maximum atomic E-state index is 8.18. The van der Waals surface area contributed by atoms with Crippen molar-refractivity contribution >= 4 is 5.84 Å². The smallest absolute Gasteiger partial charge is 0.137 e. The van der Waals surface area contributed by atoms with Crippen LogP contribution in [0.2, 0.25) is 0 Å². The molecule has 6 heteroatoms. The maximum Gasteiger partial charge on any atom is 0.137 e. The molecule has 4 N–H and O–H groups in total. The van der Waals surface area contributed by atoms with Crippen LogP contribution in [-0.4, -0.2) is 23.6 Å². The van der Waals surface area contributed by atoms with Crippen LogP contribution in [0, 0.1) is 10.8 Å². The predicted octanol–water partition coefficient (Wildman–Crippen LogP) is 2.74. The molecule has 0 saturated heterocycles. The van der Waals surface area contributed by atoms with Crippen LogP contribution < -0.4 is 16.0 Å². The highest BCUT2D eigenvalue weighted by atomic mass is 16.5. The van der Waals surface area contributed by atoms with E-state index in [1.807, 2.05) is 12.1 Å². The summed E-state index contributed by atoms with van der Waals surface area (Å²) in [6, 6.07) is 11.5. The van der Waals surface area contributed by atoms with Crippen LogP contribution >= 0.6 is 0 Å². The number of ether oxygens (including phenoxy) is 2. The van der Waals surface area contributed by atoms with E-state index in [1.165, 1.54) is 4.57 Å². The molecule has 0 radical (unpaired) electrons. The lowest BCUT2D eigenvalue weighted by Gasteiger charge is -2.30. The molecular formula is C19H24N4O2. The number of nitrogens with one attached hydrogen (secondary N) is 2. The average molecular weight is 340 g/mol. The fourth-order valence-electron chi connectivity index (χ4n) is 3.13. The molecule has 1 heterocycles. The largest absolute Gasteiger partial charge is 0.484 e. The monoisotopic (exact) mass is 340 g/mol. The molecule has 0 aliphatic heterocycles. The summed E-state index contributed by atoms with van der Waals surface area (Å²) in [5.41, 5.74) is 8.67. The van der Waals surface area contributed by atoms with Crippen molar-refractivity contribution in [1.82, 2.24) is 4.57 Å². The van der Waals surface area contributed by atoms with Crippen molar-refractivity contribution in [3.8, 4) is 5.75 Å². The number of pyridine rings is 1. The SMILES string of the molecule is COC(C)C(=N)n1cc(OC2CCC(N)c3ccccc32)ccc1=N. The summed E-state index contributed by atoms with van der Waals surface area (Å²) >= 11 is 0. The second kappa shape index (κ2) is 7.21. The number of nitrogens with zero attached hydrogens (tertiary/aromatic N) is 1. The summed E-state index contributed by atoms with van der Waals surface area (Å²) in [6.45, 7) is 1.78. The van der Waals surface area contributed by atoms with Crippen LogP contribution in [0.25, 0.3) is 0 Å². The van der Waals surface area contributed by atoms with Gasteiger partial charge in [-0.15, -0.1) is 0 Å². The summed E-state index contributed by atoms with van der Waals surface area (Å²) in [6.07, 6.45) is 2.91. The quantitative estimate of drug-likeness (QED) is 0.590. The third kappa shape index (κ3) is 3.50. The van der Waals surface area contributed by atoms with Crippen LogP contribution in [-0.2, 0) is 4.74 Å². The third-order valence-corrected chi connectivity index (χ3v) is 4.68. The number of aromatic nitrogens is 1. The van der Waals surface area contributed by atoms with Crippen LogP contribution in [0.3, 0.4) is 0 Å². The van der Waals surface area contributed by atoms with Gasteiger partial charge in [-0.3, -0.25) is 15.4 Å². The topological polar surface area (TPSA) is 97.1 Å². The van der Waals surface area contributed by atoms with Crippen molar-refractivity contribution in [3.05, 3.63) is 59.2 Å². The van der Waals surface area contributed by atoms with E-state index in [-0.39, 0.29) is 23.5 Å². The van der Waals surface area contributed by atoms with Gasteiger partial charge < -0.3 is 15.2 Å². The van der Waals surface area contributed by atoms with Gasteiger partial charge in [-0.25, -0.2) is 0 Å². The first kappa shape index (κ1) is 17.4. The van der Waals surface area contributed by atoms with Crippen molar-refractivity contribution in [3.63, 3.8) is 0 Å². The normalized spacial score (nSPS) is 20.6. The summed E-state index contributed by atoms with van der Waals surface area (Å²) in [7, 11) is 1.55. The molecule has 3 unspecified atom stereocenters. The van der Waals surface area contributed by atoms with Gasteiger partial charge in [0.15, 0.2) is 0 Å². The lowest BCUT2D eigenvalue weighted by molar-refractivity contribution is 0.166. The lowest BCUT2D eigenvalue weighted by atomic mass is 9.86. The molecule has 25 heavy (non-hydrogen) atoms. The number of hydrogen-bond donors (Lipinski definition) is 3. The third-order valence-electron chi connectivity index (χ3n) is 4.68. The van der Waals surface area contributed by atoms with Crippen molar-refractivity contribution in [1.29, 1.82) is 10.8 Å². The summed E-state index contributed by atoms with van der Waals surface area (Å²) < 4.78 is 12.9. The van der Waals surface area contributed by atoms with Gasteiger partial charge in [-0.1, -0.05) is 24.3 Å². The molecule has 3 rings (SSSR count). The van der Waals surface area contributed by atoms with Gasteiger partial charge >= 0.3 is 0 Å². The van der Waals surface area contributed by atoms with Crippen molar-refractivity contribution < 1.29 is 9.47 Å². The molecule has 0 amide bonds. The number of methoxy groups -OCH3 is 1. The molecular weight excluding hydrogens is 316 g/mol. The summed E-state index contributed by atoms with van der Waals surface area (Å²) in [4.78, 5) is 0. The fourth-order valence-corrected chi connectivity index (χ4v) is 3.13. The molecule has 0 saturated carbocycles. The Hall–Kier alpha value is -2.44. The van der Waals surface area contributed by atoms with Crippen molar-refractivity contribution in [2.24, 2.45) is 5.73 Å². The van der Waals surface area contributed by atoms with E-state index in [1.54, 1.807) is 32.4 Å². The van der Waals surface area contributed by atoms with Gasteiger partial charge in [0.05, 0.1) is 6.20 Å². The maximum absolute atomic E-state index is 8.18. The molecule has 1 aromatic heterocycles. The molecule has 1 aliphatic rings. The molecule has 0 bridgehead atoms. The van der Waals surface area contributed by atoms with Gasteiger partial charge in [0.2, 0.25) is 0 Å². The molecule has 132 valence electrons. The minimum absolute atomic E-state index is 0.0485. The van der Waals surface area contributed by atoms with Gasteiger partial charge in [0.25, 0.3) is 0 Å². The molecule has 1 aliphatic carbocycles. The van der Waals surface area contributed by atoms with Crippen LogP contribution in [0.4, 0.5) is 0 Å². The zero-order valence-electron chi connectivity index (χ0n) is 14.5. The highest BCUT2D eigenvalue weighted by molar-refractivity contribution is 5.85. The Morgan fingerprint density at radius 3 is 2.64 bits per heavy atom. The lowest BCUT2D eigenvalue weighted by Crippen LogP contribution is -2.34. The van der Waals surface area contributed by atoms with Gasteiger partial charge in [0.1, 0.15) is 29.3 Å². The number of benzene rings is 1. The number of hydrogen-bond acceptors (Lipinski definition) is 5. The molecule has 0 spiro atoms. The van der Waals surface area contributed by atoms with Gasteiger partial charge in [-0.2, -0.15) is 0 Å². The fraction of sp³-hybridized carbons (Fsp3) is 0.368. The van der Waals surface area contributed by atoms with E-state index in [0.29, 0.717) is 5.75 Å². The minimum Gasteiger partial charge on any atom is -0.484 e. The van der Waals surface area contributed by atoms with E-state index in [4.69, 9.17) is 26.0 Å². The van der Waals surface area contributed by atoms with Gasteiger partial charge in [0, 0.05) is 13.2 Å². The highest BCUT2D eigenvalue weighted by Crippen LogP contribution is 2.37. The average Bonchev–Trinajstić information content (AvgIpc) is 2.64. The first-order chi connectivity index (χ1) is 12.0. The Balaban J connectivity index is 1.88. The van der Waals surface area contributed by atoms with E-state index < -0.39 is 6.10 Å². The van der Waals surface area contributed by atoms with E-state index in [9.17, 15) is 0 Å². The minimum atomic E-state index is -0.405. The predicted molar refractivity (Wildman–Crippen MR) is 95.9 cm³/mol. The first-order valence-electron chi connectivity index (χ1n) is 8.41.